The molecule has 0 bridgehead atoms. The second-order valence-electron chi connectivity index (χ2n) is 17.3. The van der Waals surface area contributed by atoms with Gasteiger partial charge in [0.15, 0.2) is 5.82 Å². The molecule has 0 unspecified atom stereocenters. The molecule has 0 aliphatic carbocycles. The smallest absolute Gasteiger partial charge is 0.160 e. The van der Waals surface area contributed by atoms with Crippen LogP contribution in [0.2, 0.25) is 0 Å². The Morgan fingerprint density at radius 1 is 0.254 bits per heavy atom. The van der Waals surface area contributed by atoms with Gasteiger partial charge in [0.05, 0.1) is 22.4 Å². The zero-order chi connectivity index (χ0) is 44.3. The molecule has 0 aliphatic rings. The first kappa shape index (κ1) is 38.5. The van der Waals surface area contributed by atoms with E-state index in [-0.39, 0.29) is 0 Å². The first-order valence-corrected chi connectivity index (χ1v) is 22.9. The second kappa shape index (κ2) is 16.0. The molecule has 0 saturated carbocycles. The van der Waals surface area contributed by atoms with Crippen LogP contribution in [0.1, 0.15) is 0 Å². The van der Waals surface area contributed by atoms with Gasteiger partial charge < -0.3 is 4.57 Å². The van der Waals surface area contributed by atoms with Crippen molar-refractivity contribution in [2.24, 2.45) is 0 Å². The Bertz CT molecular complexity index is 3980. The molecule has 0 amide bonds. The van der Waals surface area contributed by atoms with Crippen molar-refractivity contribution in [1.29, 1.82) is 0 Å². The molecule has 13 aromatic rings. The Hall–Kier alpha value is -8.92. The number of rotatable bonds is 7. The van der Waals surface area contributed by atoms with Gasteiger partial charge in [0.2, 0.25) is 0 Å². The summed E-state index contributed by atoms with van der Waals surface area (Å²) in [4.78, 5) is 10.5. The molecule has 0 atom stereocenters. The van der Waals surface area contributed by atoms with E-state index in [0.29, 0.717) is 5.82 Å². The van der Waals surface area contributed by atoms with E-state index in [1.807, 2.05) is 6.07 Å². The molecular weight excluding hydrogens is 811 g/mol. The second-order valence-corrected chi connectivity index (χ2v) is 17.3. The van der Waals surface area contributed by atoms with Gasteiger partial charge in [-0.15, -0.1) is 0 Å². The Balaban J connectivity index is 0.902. The molecular formula is C64H41N3. The van der Waals surface area contributed by atoms with E-state index in [0.717, 1.165) is 44.9 Å². The Kier molecular flexibility index (Phi) is 9.17. The predicted octanol–water partition coefficient (Wildman–Crippen LogP) is 17.0. The summed E-state index contributed by atoms with van der Waals surface area (Å²) in [6.07, 6.45) is 0. The molecule has 0 radical (unpaired) electrons. The highest BCUT2D eigenvalue weighted by molar-refractivity contribution is 6.20. The van der Waals surface area contributed by atoms with Crippen LogP contribution in [0.4, 0.5) is 0 Å². The molecule has 3 heteroatoms. The molecule has 2 aromatic heterocycles. The number of benzene rings is 11. The third-order valence-electron chi connectivity index (χ3n) is 13.4. The van der Waals surface area contributed by atoms with Crippen LogP contribution in [0.3, 0.4) is 0 Å². The van der Waals surface area contributed by atoms with E-state index in [1.54, 1.807) is 0 Å². The van der Waals surface area contributed by atoms with Crippen molar-refractivity contribution in [3.8, 4) is 73.0 Å². The van der Waals surface area contributed by atoms with Gasteiger partial charge in [-0.05, 0) is 108 Å². The summed E-state index contributed by atoms with van der Waals surface area (Å²) in [7, 11) is 0. The van der Waals surface area contributed by atoms with Crippen molar-refractivity contribution in [3.05, 3.63) is 249 Å². The first-order chi connectivity index (χ1) is 33.2. The van der Waals surface area contributed by atoms with Crippen molar-refractivity contribution in [1.82, 2.24) is 14.5 Å². The largest absolute Gasteiger partial charge is 0.309 e. The Morgan fingerprint density at radius 2 is 0.761 bits per heavy atom. The lowest BCUT2D eigenvalue weighted by molar-refractivity contribution is 1.18. The molecule has 0 N–H and O–H groups in total. The fraction of sp³-hybridized carbons (Fsp3) is 0. The molecule has 13 rings (SSSR count). The molecule has 11 aromatic carbocycles. The quantitative estimate of drug-likeness (QED) is 0.118. The molecule has 0 saturated heterocycles. The topological polar surface area (TPSA) is 30.7 Å². The van der Waals surface area contributed by atoms with Gasteiger partial charge in [0.1, 0.15) is 0 Å². The van der Waals surface area contributed by atoms with Crippen LogP contribution in [-0.4, -0.2) is 14.5 Å². The van der Waals surface area contributed by atoms with Crippen molar-refractivity contribution in [3.63, 3.8) is 0 Å². The van der Waals surface area contributed by atoms with Crippen LogP contribution in [-0.2, 0) is 0 Å². The van der Waals surface area contributed by atoms with Crippen LogP contribution >= 0.6 is 0 Å². The highest BCUT2D eigenvalue weighted by atomic mass is 15.0. The van der Waals surface area contributed by atoms with Gasteiger partial charge in [-0.25, -0.2) is 9.97 Å². The summed E-state index contributed by atoms with van der Waals surface area (Å²) in [5.41, 5.74) is 15.4. The minimum Gasteiger partial charge on any atom is -0.309 e. The minimum atomic E-state index is 0.687. The highest BCUT2D eigenvalue weighted by Crippen LogP contribution is 2.41. The fourth-order valence-corrected chi connectivity index (χ4v) is 10.1. The maximum absolute atomic E-state index is 5.27. The summed E-state index contributed by atoms with van der Waals surface area (Å²) < 4.78 is 2.36. The van der Waals surface area contributed by atoms with E-state index in [9.17, 15) is 0 Å². The number of aromatic nitrogens is 3. The molecule has 2 heterocycles. The molecule has 0 spiro atoms. The number of fused-ring (bicyclic) bond motifs is 7. The normalized spacial score (nSPS) is 11.6. The lowest BCUT2D eigenvalue weighted by Gasteiger charge is -2.15. The van der Waals surface area contributed by atoms with E-state index in [2.05, 4.69) is 247 Å². The van der Waals surface area contributed by atoms with Crippen LogP contribution in [0.15, 0.2) is 249 Å². The maximum Gasteiger partial charge on any atom is 0.160 e. The average molecular weight is 852 g/mol. The molecule has 0 fully saturated rings. The van der Waals surface area contributed by atoms with Gasteiger partial charge in [-0.3, -0.25) is 0 Å². The Morgan fingerprint density at radius 3 is 1.48 bits per heavy atom. The van der Waals surface area contributed by atoms with Gasteiger partial charge in [0.25, 0.3) is 0 Å². The third kappa shape index (κ3) is 6.76. The van der Waals surface area contributed by atoms with E-state index in [1.165, 1.54) is 76.4 Å². The minimum absolute atomic E-state index is 0.687. The van der Waals surface area contributed by atoms with Gasteiger partial charge >= 0.3 is 0 Å². The number of hydrogen-bond donors (Lipinski definition) is 0. The van der Waals surface area contributed by atoms with Crippen LogP contribution in [0.5, 0.6) is 0 Å². The summed E-state index contributed by atoms with van der Waals surface area (Å²) in [6, 6.07) is 89.4. The lowest BCUT2D eigenvalue weighted by Crippen LogP contribution is -1.96. The first-order valence-electron chi connectivity index (χ1n) is 22.9. The summed E-state index contributed by atoms with van der Waals surface area (Å²) in [5.74, 6) is 0.687. The number of nitrogens with zero attached hydrogens (tertiary/aromatic N) is 3. The molecule has 3 nitrogen and oxygen atoms in total. The zero-order valence-electron chi connectivity index (χ0n) is 36.5. The Labute approximate surface area is 388 Å². The maximum atomic E-state index is 5.27. The average Bonchev–Trinajstić information content (AvgIpc) is 3.74. The van der Waals surface area contributed by atoms with Crippen molar-refractivity contribution in [2.45, 2.75) is 0 Å². The van der Waals surface area contributed by atoms with E-state index in [4.69, 9.17) is 9.97 Å². The van der Waals surface area contributed by atoms with Gasteiger partial charge in [-0.2, -0.15) is 0 Å². The van der Waals surface area contributed by atoms with E-state index < -0.39 is 0 Å². The summed E-state index contributed by atoms with van der Waals surface area (Å²) in [6.45, 7) is 0. The van der Waals surface area contributed by atoms with Crippen molar-refractivity contribution in [2.75, 3.05) is 0 Å². The summed E-state index contributed by atoms with van der Waals surface area (Å²) >= 11 is 0. The SMILES string of the molecule is c1ccc(-c2ccc(-c3nc(-c4ccc(-c5ccc6c(c5)c5ccccc5n6-c5ccccc5)cc4)cc(-c4ccc(-c5c6ccccc6cc6c5ccc5ccccc56)cc4)n3)cc2)cc1. The van der Waals surface area contributed by atoms with Gasteiger partial charge in [-0.1, -0.05) is 206 Å². The lowest BCUT2D eigenvalue weighted by atomic mass is 9.89. The van der Waals surface area contributed by atoms with Crippen LogP contribution < -0.4 is 0 Å². The van der Waals surface area contributed by atoms with Crippen LogP contribution in [0, 0.1) is 0 Å². The highest BCUT2D eigenvalue weighted by Gasteiger charge is 2.17. The molecule has 0 aliphatic heterocycles. The van der Waals surface area contributed by atoms with Crippen molar-refractivity contribution >= 4 is 54.1 Å². The van der Waals surface area contributed by atoms with Crippen molar-refractivity contribution < 1.29 is 0 Å². The fourth-order valence-electron chi connectivity index (χ4n) is 10.1. The molecule has 312 valence electrons. The van der Waals surface area contributed by atoms with Gasteiger partial charge in [0, 0.05) is 33.2 Å². The summed E-state index contributed by atoms with van der Waals surface area (Å²) in [5, 5.41) is 9.97. The third-order valence-corrected chi connectivity index (χ3v) is 13.4. The standard InChI is InChI=1S/C64H41N3/c1-3-13-42(14-4-1)43-25-33-49(34-26-43)64-65-59(46-27-23-44(24-28-46)50-36-38-62-58(39-50)55-21-11-12-22-61(55)67(62)52-17-5-2-6-18-52)41-60(66-64)47-29-31-48(32-30-47)63-54-20-10-8-16-51(54)40-57-53-19-9-7-15-45(53)35-37-56(57)63/h1-41H. The number of para-hydroxylation sites is 2. The monoisotopic (exact) mass is 851 g/mol. The predicted molar refractivity (Wildman–Crippen MR) is 282 cm³/mol. The zero-order valence-corrected chi connectivity index (χ0v) is 36.5. The van der Waals surface area contributed by atoms with E-state index >= 15 is 0 Å². The molecule has 67 heavy (non-hydrogen) atoms. The van der Waals surface area contributed by atoms with Crippen LogP contribution in [0.25, 0.3) is 127 Å². The number of hydrogen-bond acceptors (Lipinski definition) is 2.